The predicted molar refractivity (Wildman–Crippen MR) is 86.6 cm³/mol. The van der Waals surface area contributed by atoms with E-state index in [0.29, 0.717) is 14.7 Å². The van der Waals surface area contributed by atoms with Crippen molar-refractivity contribution in [1.29, 1.82) is 0 Å². The molecule has 0 bridgehead atoms. The molecule has 1 aromatic carbocycles. The summed E-state index contributed by atoms with van der Waals surface area (Å²) in [5, 5.41) is 9.08. The van der Waals surface area contributed by atoms with Crippen LogP contribution in [0.15, 0.2) is 32.0 Å². The van der Waals surface area contributed by atoms with E-state index in [4.69, 9.17) is 5.11 Å². The number of carboxylic acids is 1. The number of rotatable bonds is 7. The van der Waals surface area contributed by atoms with E-state index >= 15 is 0 Å². The molecule has 2 N–H and O–H groups in total. The summed E-state index contributed by atoms with van der Waals surface area (Å²) in [6.07, 6.45) is 2.06. The lowest BCUT2D eigenvalue weighted by molar-refractivity contribution is -0.139. The number of sulfonamides is 1. The maximum atomic E-state index is 12.3. The highest BCUT2D eigenvalue weighted by atomic mass is 79.9. The SMILES string of the molecule is CSCC[C@H](NS(=O)(=O)c1cc(Br)ccc1Br)C(=O)O. The second-order valence-electron chi connectivity index (χ2n) is 3.87. The molecule has 0 amide bonds. The van der Waals surface area contributed by atoms with E-state index in [0.717, 1.165) is 0 Å². The zero-order valence-electron chi connectivity index (χ0n) is 10.5. The molecule has 0 aromatic heterocycles. The fraction of sp³-hybridized carbons (Fsp3) is 0.364. The number of nitrogens with one attached hydrogen (secondary N) is 1. The third-order valence-electron chi connectivity index (χ3n) is 2.39. The molecule has 0 fully saturated rings. The summed E-state index contributed by atoms with van der Waals surface area (Å²) in [6, 6.07) is 3.54. The second-order valence-corrected chi connectivity index (χ2v) is 8.31. The zero-order chi connectivity index (χ0) is 15.3. The first-order chi connectivity index (χ1) is 9.27. The number of halogens is 2. The average molecular weight is 447 g/mol. The highest BCUT2D eigenvalue weighted by molar-refractivity contribution is 9.11. The first-order valence-electron chi connectivity index (χ1n) is 5.47. The summed E-state index contributed by atoms with van der Waals surface area (Å²) in [6.45, 7) is 0. The molecule has 20 heavy (non-hydrogen) atoms. The van der Waals surface area contributed by atoms with E-state index in [9.17, 15) is 13.2 Å². The standard InChI is InChI=1S/C11H13Br2NO4S2/c1-19-5-4-9(11(15)16)14-20(17,18)10-6-7(12)2-3-8(10)13/h2-3,6,9,14H,4-5H2,1H3,(H,15,16)/t9-/m0/s1. The zero-order valence-corrected chi connectivity index (χ0v) is 15.3. The number of aliphatic carboxylic acids is 1. The lowest BCUT2D eigenvalue weighted by Crippen LogP contribution is -2.41. The normalized spacial score (nSPS) is 13.2. The van der Waals surface area contributed by atoms with Gasteiger partial charge < -0.3 is 5.11 Å². The Morgan fingerprint density at radius 1 is 1.45 bits per heavy atom. The van der Waals surface area contributed by atoms with Gasteiger partial charge in [-0.3, -0.25) is 4.79 Å². The van der Waals surface area contributed by atoms with Gasteiger partial charge in [0.1, 0.15) is 6.04 Å². The van der Waals surface area contributed by atoms with Crippen molar-refractivity contribution in [2.75, 3.05) is 12.0 Å². The van der Waals surface area contributed by atoms with E-state index in [1.807, 2.05) is 6.26 Å². The van der Waals surface area contributed by atoms with Crippen LogP contribution in [0, 0.1) is 0 Å². The summed E-state index contributed by atoms with van der Waals surface area (Å²) in [7, 11) is -3.91. The van der Waals surface area contributed by atoms with Crippen LogP contribution in [0.25, 0.3) is 0 Å². The van der Waals surface area contributed by atoms with Crippen molar-refractivity contribution in [3.8, 4) is 0 Å². The molecular weight excluding hydrogens is 434 g/mol. The third-order valence-corrected chi connectivity index (χ3v) is 5.99. The van der Waals surface area contributed by atoms with Gasteiger partial charge in [-0.05, 0) is 52.6 Å². The van der Waals surface area contributed by atoms with Crippen LogP contribution in [0.2, 0.25) is 0 Å². The molecule has 0 unspecified atom stereocenters. The van der Waals surface area contributed by atoms with Crippen LogP contribution in [0.3, 0.4) is 0 Å². The lowest BCUT2D eigenvalue weighted by atomic mass is 10.2. The Balaban J connectivity index is 3.03. The summed E-state index contributed by atoms with van der Waals surface area (Å²) < 4.78 is 27.7. The average Bonchev–Trinajstić information content (AvgIpc) is 2.36. The maximum Gasteiger partial charge on any atom is 0.321 e. The second kappa shape index (κ2) is 7.79. The summed E-state index contributed by atoms with van der Waals surface area (Å²) >= 11 is 7.81. The van der Waals surface area contributed by atoms with Crippen molar-refractivity contribution in [3.05, 3.63) is 27.1 Å². The van der Waals surface area contributed by atoms with Crippen LogP contribution < -0.4 is 4.72 Å². The molecule has 9 heteroatoms. The molecule has 0 aliphatic carbocycles. The molecule has 112 valence electrons. The fourth-order valence-corrected chi connectivity index (χ4v) is 4.60. The van der Waals surface area contributed by atoms with Crippen molar-refractivity contribution in [2.24, 2.45) is 0 Å². The fourth-order valence-electron chi connectivity index (χ4n) is 1.40. The Bertz CT molecular complexity index is 592. The molecular formula is C11H13Br2NO4S2. The number of hydrogen-bond acceptors (Lipinski definition) is 4. The molecule has 0 spiro atoms. The first-order valence-corrected chi connectivity index (χ1v) is 9.93. The summed E-state index contributed by atoms with van der Waals surface area (Å²) in [5.41, 5.74) is 0. The van der Waals surface area contributed by atoms with Gasteiger partial charge >= 0.3 is 5.97 Å². The smallest absolute Gasteiger partial charge is 0.321 e. The molecule has 5 nitrogen and oxygen atoms in total. The van der Waals surface area contributed by atoms with Crippen molar-refractivity contribution in [2.45, 2.75) is 17.4 Å². The number of hydrogen-bond donors (Lipinski definition) is 2. The molecule has 0 saturated heterocycles. The Morgan fingerprint density at radius 3 is 2.65 bits per heavy atom. The molecule has 1 atom stereocenters. The van der Waals surface area contributed by atoms with Gasteiger partial charge in [0.05, 0.1) is 4.90 Å². The first kappa shape index (κ1) is 18.0. The van der Waals surface area contributed by atoms with E-state index in [1.54, 1.807) is 12.1 Å². The quantitative estimate of drug-likeness (QED) is 0.672. The minimum atomic E-state index is -3.91. The van der Waals surface area contributed by atoms with E-state index < -0.39 is 22.0 Å². The van der Waals surface area contributed by atoms with Gasteiger partial charge in [0.25, 0.3) is 0 Å². The highest BCUT2D eigenvalue weighted by Crippen LogP contribution is 2.25. The van der Waals surface area contributed by atoms with Crippen molar-refractivity contribution >= 4 is 59.6 Å². The monoisotopic (exact) mass is 445 g/mol. The molecule has 1 rings (SSSR count). The van der Waals surface area contributed by atoms with E-state index in [1.165, 1.54) is 17.8 Å². The highest BCUT2D eigenvalue weighted by Gasteiger charge is 2.26. The Kier molecular flexibility index (Phi) is 6.99. The van der Waals surface area contributed by atoms with Gasteiger partial charge in [0, 0.05) is 8.95 Å². The van der Waals surface area contributed by atoms with Gasteiger partial charge in [0.15, 0.2) is 0 Å². The Labute approximate surface area is 138 Å². The van der Waals surface area contributed by atoms with Crippen LogP contribution in [0.4, 0.5) is 0 Å². The summed E-state index contributed by atoms with van der Waals surface area (Å²) in [5.74, 6) is -0.632. The van der Waals surface area contributed by atoms with Gasteiger partial charge in [-0.25, -0.2) is 8.42 Å². The van der Waals surface area contributed by atoms with Gasteiger partial charge in [-0.2, -0.15) is 16.5 Å². The topological polar surface area (TPSA) is 83.5 Å². The summed E-state index contributed by atoms with van der Waals surface area (Å²) in [4.78, 5) is 11.1. The molecule has 0 radical (unpaired) electrons. The predicted octanol–water partition coefficient (Wildman–Crippen LogP) is 2.70. The molecule has 0 saturated carbocycles. The molecule has 0 heterocycles. The van der Waals surface area contributed by atoms with Gasteiger partial charge in [-0.1, -0.05) is 15.9 Å². The molecule has 0 aliphatic heterocycles. The number of benzene rings is 1. The maximum absolute atomic E-state index is 12.3. The van der Waals surface area contributed by atoms with E-state index in [-0.39, 0.29) is 11.3 Å². The third kappa shape index (κ3) is 5.03. The number of thioether (sulfide) groups is 1. The van der Waals surface area contributed by atoms with Crippen LogP contribution in [-0.2, 0) is 14.8 Å². The van der Waals surface area contributed by atoms with Crippen LogP contribution >= 0.6 is 43.6 Å². The van der Waals surface area contributed by atoms with Crippen LogP contribution in [-0.4, -0.2) is 37.5 Å². The van der Waals surface area contributed by atoms with Crippen molar-refractivity contribution in [3.63, 3.8) is 0 Å². The van der Waals surface area contributed by atoms with Crippen molar-refractivity contribution in [1.82, 2.24) is 4.72 Å². The minimum Gasteiger partial charge on any atom is -0.480 e. The molecule has 0 aliphatic rings. The van der Waals surface area contributed by atoms with Gasteiger partial charge in [-0.15, -0.1) is 0 Å². The Morgan fingerprint density at radius 2 is 2.10 bits per heavy atom. The van der Waals surface area contributed by atoms with Crippen LogP contribution in [0.1, 0.15) is 6.42 Å². The lowest BCUT2D eigenvalue weighted by Gasteiger charge is -2.15. The number of carboxylic acid groups (broad SMARTS) is 1. The largest absolute Gasteiger partial charge is 0.480 e. The minimum absolute atomic E-state index is 0.00211. The van der Waals surface area contributed by atoms with Crippen LogP contribution in [0.5, 0.6) is 0 Å². The van der Waals surface area contributed by atoms with E-state index in [2.05, 4.69) is 36.6 Å². The van der Waals surface area contributed by atoms with Crippen molar-refractivity contribution < 1.29 is 18.3 Å². The van der Waals surface area contributed by atoms with Gasteiger partial charge in [0.2, 0.25) is 10.0 Å². The molecule has 1 aromatic rings. The number of carbonyl (C=O) groups is 1. The Hall–Kier alpha value is -0.0900.